The van der Waals surface area contributed by atoms with Crippen LogP contribution in [0.15, 0.2) is 42.6 Å². The van der Waals surface area contributed by atoms with E-state index < -0.39 is 0 Å². The largest absolute Gasteiger partial charge is 0.492 e. The van der Waals surface area contributed by atoms with E-state index >= 15 is 0 Å². The second-order valence-corrected chi connectivity index (χ2v) is 6.09. The van der Waals surface area contributed by atoms with Crippen LogP contribution in [0.25, 0.3) is 11.3 Å². The van der Waals surface area contributed by atoms with Gasteiger partial charge < -0.3 is 4.74 Å². The first-order chi connectivity index (χ1) is 11.3. The Bertz CT molecular complexity index is 545. The van der Waals surface area contributed by atoms with Gasteiger partial charge in [0, 0.05) is 5.56 Å². The van der Waals surface area contributed by atoms with Crippen molar-refractivity contribution in [3.05, 3.63) is 48.2 Å². The van der Waals surface area contributed by atoms with Gasteiger partial charge in [-0.2, -0.15) is 0 Å². The highest BCUT2D eigenvalue weighted by Gasteiger charge is 2.01. The highest BCUT2D eigenvalue weighted by atomic mass is 16.5. The Morgan fingerprint density at radius 3 is 2.22 bits per heavy atom. The molecule has 2 heteroatoms. The molecule has 1 aromatic heterocycles. The molecular formula is C21H29NO. The van der Waals surface area contributed by atoms with Crippen molar-refractivity contribution in [3.63, 3.8) is 0 Å². The fourth-order valence-electron chi connectivity index (χ4n) is 2.60. The maximum Gasteiger partial charge on any atom is 0.137 e. The number of unbranched alkanes of at least 4 members (excludes halogenated alkanes) is 4. The third-order valence-corrected chi connectivity index (χ3v) is 4.07. The van der Waals surface area contributed by atoms with Gasteiger partial charge in [-0.05, 0) is 37.0 Å². The monoisotopic (exact) mass is 311 g/mol. The summed E-state index contributed by atoms with van der Waals surface area (Å²) >= 11 is 0. The Hall–Kier alpha value is -1.83. The van der Waals surface area contributed by atoms with E-state index in [2.05, 4.69) is 43.1 Å². The van der Waals surface area contributed by atoms with Crippen LogP contribution in [0, 0.1) is 0 Å². The summed E-state index contributed by atoms with van der Waals surface area (Å²) in [5.41, 5.74) is 3.59. The van der Waals surface area contributed by atoms with Crippen molar-refractivity contribution in [1.29, 1.82) is 0 Å². The van der Waals surface area contributed by atoms with Crippen molar-refractivity contribution in [2.75, 3.05) is 6.61 Å². The highest BCUT2D eigenvalue weighted by molar-refractivity contribution is 5.59. The lowest BCUT2D eigenvalue weighted by Gasteiger charge is -2.07. The van der Waals surface area contributed by atoms with Gasteiger partial charge in [-0.25, -0.2) is 0 Å². The number of ether oxygens (including phenoxy) is 1. The fraction of sp³-hybridized carbons (Fsp3) is 0.476. The van der Waals surface area contributed by atoms with Gasteiger partial charge in [0.15, 0.2) is 0 Å². The molecule has 124 valence electrons. The fourth-order valence-corrected chi connectivity index (χ4v) is 2.60. The molecule has 0 saturated carbocycles. The van der Waals surface area contributed by atoms with E-state index in [0.717, 1.165) is 24.5 Å². The van der Waals surface area contributed by atoms with Gasteiger partial charge >= 0.3 is 0 Å². The number of aromatic nitrogens is 1. The molecule has 2 nitrogen and oxygen atoms in total. The Labute approximate surface area is 140 Å². The molecule has 23 heavy (non-hydrogen) atoms. The van der Waals surface area contributed by atoms with Gasteiger partial charge in [0.1, 0.15) is 5.75 Å². The lowest BCUT2D eigenvalue weighted by atomic mass is 10.0. The van der Waals surface area contributed by atoms with E-state index in [4.69, 9.17) is 4.74 Å². The van der Waals surface area contributed by atoms with Gasteiger partial charge in [0.25, 0.3) is 0 Å². The molecule has 0 atom stereocenters. The summed E-state index contributed by atoms with van der Waals surface area (Å²) in [5.74, 6) is 0.862. The third-order valence-electron chi connectivity index (χ3n) is 4.07. The standard InChI is InChI=1S/C21H29NO/c1-3-5-7-9-18-10-12-19(13-11-18)21-15-14-20(17-22-21)23-16-8-6-4-2/h10-15,17H,3-9,16H2,1-2H3. The molecule has 0 saturated heterocycles. The van der Waals surface area contributed by atoms with Crippen LogP contribution < -0.4 is 4.74 Å². The maximum absolute atomic E-state index is 5.71. The smallest absolute Gasteiger partial charge is 0.137 e. The first kappa shape index (κ1) is 17.5. The molecule has 0 aliphatic heterocycles. The van der Waals surface area contributed by atoms with Crippen LogP contribution in [0.4, 0.5) is 0 Å². The molecule has 0 unspecified atom stereocenters. The summed E-state index contributed by atoms with van der Waals surface area (Å²) in [6.07, 6.45) is 10.4. The minimum atomic E-state index is 0.779. The number of benzene rings is 1. The van der Waals surface area contributed by atoms with Crippen molar-refractivity contribution in [2.45, 2.75) is 58.8 Å². The lowest BCUT2D eigenvalue weighted by molar-refractivity contribution is 0.305. The summed E-state index contributed by atoms with van der Waals surface area (Å²) < 4.78 is 5.71. The van der Waals surface area contributed by atoms with E-state index in [0.29, 0.717) is 0 Å². The van der Waals surface area contributed by atoms with Crippen molar-refractivity contribution in [1.82, 2.24) is 4.98 Å². The van der Waals surface area contributed by atoms with Crippen LogP contribution in [-0.4, -0.2) is 11.6 Å². The topological polar surface area (TPSA) is 22.1 Å². The van der Waals surface area contributed by atoms with E-state index in [1.165, 1.54) is 49.7 Å². The molecule has 0 aliphatic rings. The molecular weight excluding hydrogens is 282 g/mol. The first-order valence-electron chi connectivity index (χ1n) is 9.01. The van der Waals surface area contributed by atoms with E-state index in [1.807, 2.05) is 18.3 Å². The van der Waals surface area contributed by atoms with Crippen LogP contribution in [0.1, 0.15) is 57.9 Å². The highest BCUT2D eigenvalue weighted by Crippen LogP contribution is 2.21. The zero-order valence-electron chi connectivity index (χ0n) is 14.6. The summed E-state index contributed by atoms with van der Waals surface area (Å²) in [6.45, 7) is 5.22. The quantitative estimate of drug-likeness (QED) is 0.498. The summed E-state index contributed by atoms with van der Waals surface area (Å²) in [7, 11) is 0. The van der Waals surface area contributed by atoms with Crippen molar-refractivity contribution < 1.29 is 4.74 Å². The number of aryl methyl sites for hydroxylation is 1. The van der Waals surface area contributed by atoms with E-state index in [9.17, 15) is 0 Å². The van der Waals surface area contributed by atoms with Gasteiger partial charge in [-0.3, -0.25) is 4.98 Å². The average Bonchev–Trinajstić information content (AvgIpc) is 2.60. The lowest BCUT2D eigenvalue weighted by Crippen LogP contribution is -1.97. The van der Waals surface area contributed by atoms with Crippen LogP contribution in [0.3, 0.4) is 0 Å². The van der Waals surface area contributed by atoms with Crippen molar-refractivity contribution in [2.24, 2.45) is 0 Å². The molecule has 0 radical (unpaired) electrons. The molecule has 0 N–H and O–H groups in total. The third kappa shape index (κ3) is 6.05. The maximum atomic E-state index is 5.71. The molecule has 0 spiro atoms. The van der Waals surface area contributed by atoms with Crippen molar-refractivity contribution >= 4 is 0 Å². The number of nitrogens with zero attached hydrogens (tertiary/aromatic N) is 1. The predicted octanol–water partition coefficient (Wildman–Crippen LogP) is 6.05. The Morgan fingerprint density at radius 1 is 0.826 bits per heavy atom. The number of rotatable bonds is 10. The van der Waals surface area contributed by atoms with Gasteiger partial charge in [-0.1, -0.05) is 63.8 Å². The predicted molar refractivity (Wildman–Crippen MR) is 97.9 cm³/mol. The molecule has 0 aliphatic carbocycles. The second-order valence-electron chi connectivity index (χ2n) is 6.09. The minimum Gasteiger partial charge on any atom is -0.492 e. The SMILES string of the molecule is CCCCCOc1ccc(-c2ccc(CCCCC)cc2)nc1. The first-order valence-corrected chi connectivity index (χ1v) is 9.01. The zero-order chi connectivity index (χ0) is 16.3. The molecule has 2 aromatic rings. The van der Waals surface area contributed by atoms with Crippen LogP contribution in [0.5, 0.6) is 5.75 Å². The number of pyridine rings is 1. The average molecular weight is 311 g/mol. The summed E-state index contributed by atoms with van der Waals surface area (Å²) in [4.78, 5) is 4.53. The van der Waals surface area contributed by atoms with Crippen LogP contribution >= 0.6 is 0 Å². The van der Waals surface area contributed by atoms with Crippen LogP contribution in [0.2, 0.25) is 0 Å². The summed E-state index contributed by atoms with van der Waals surface area (Å²) in [5, 5.41) is 0. The van der Waals surface area contributed by atoms with Crippen LogP contribution in [-0.2, 0) is 6.42 Å². The molecule has 0 fully saturated rings. The van der Waals surface area contributed by atoms with Crippen molar-refractivity contribution in [3.8, 4) is 17.0 Å². The molecule has 0 bridgehead atoms. The molecule has 0 amide bonds. The molecule has 2 rings (SSSR count). The zero-order valence-corrected chi connectivity index (χ0v) is 14.6. The molecule has 1 heterocycles. The van der Waals surface area contributed by atoms with E-state index in [1.54, 1.807) is 0 Å². The molecule has 1 aromatic carbocycles. The Kier molecular flexibility index (Phi) is 7.65. The van der Waals surface area contributed by atoms with E-state index in [-0.39, 0.29) is 0 Å². The Morgan fingerprint density at radius 2 is 1.57 bits per heavy atom. The number of hydrogen-bond acceptors (Lipinski definition) is 2. The van der Waals surface area contributed by atoms with Gasteiger partial charge in [0.05, 0.1) is 18.5 Å². The second kappa shape index (κ2) is 10.0. The number of hydrogen-bond donors (Lipinski definition) is 0. The van der Waals surface area contributed by atoms with Gasteiger partial charge in [0.2, 0.25) is 0 Å². The normalized spacial score (nSPS) is 10.7. The van der Waals surface area contributed by atoms with Gasteiger partial charge in [-0.15, -0.1) is 0 Å². The Balaban J connectivity index is 1.88. The summed E-state index contributed by atoms with van der Waals surface area (Å²) in [6, 6.07) is 12.9. The minimum absolute atomic E-state index is 0.779.